The van der Waals surface area contributed by atoms with Crippen LogP contribution in [0.1, 0.15) is 18.4 Å². The van der Waals surface area contributed by atoms with Gasteiger partial charge < -0.3 is 19.9 Å². The Labute approximate surface area is 122 Å². The van der Waals surface area contributed by atoms with Crippen LogP contribution in [0.2, 0.25) is 0 Å². The van der Waals surface area contributed by atoms with Crippen molar-refractivity contribution < 1.29 is 24.2 Å². The summed E-state index contributed by atoms with van der Waals surface area (Å²) in [5, 5.41) is 11.9. The summed E-state index contributed by atoms with van der Waals surface area (Å²) in [6, 6.07) is 7.51. The molecule has 0 aliphatic carbocycles. The summed E-state index contributed by atoms with van der Waals surface area (Å²) in [5.74, 6) is -0.512. The molecule has 0 spiro atoms. The summed E-state index contributed by atoms with van der Waals surface area (Å²) in [6.45, 7) is 0.685. The fraction of sp³-hybridized carbons (Fsp3) is 0.467. The number of rotatable bonds is 4. The van der Waals surface area contributed by atoms with Gasteiger partial charge in [-0.25, -0.2) is 0 Å². The molecule has 2 N–H and O–H groups in total. The van der Waals surface area contributed by atoms with Crippen LogP contribution in [-0.4, -0.2) is 41.8 Å². The van der Waals surface area contributed by atoms with Gasteiger partial charge >= 0.3 is 5.97 Å². The molecular weight excluding hydrogens is 274 g/mol. The van der Waals surface area contributed by atoms with Crippen LogP contribution < -0.4 is 10.1 Å². The maximum atomic E-state index is 12.4. The zero-order valence-electron chi connectivity index (χ0n) is 11.5. The van der Waals surface area contributed by atoms with Crippen molar-refractivity contribution in [3.8, 4) is 5.75 Å². The van der Waals surface area contributed by atoms with Gasteiger partial charge in [0.15, 0.2) is 6.10 Å². The summed E-state index contributed by atoms with van der Waals surface area (Å²) < 4.78 is 10.9. The molecule has 6 heteroatoms. The molecule has 2 aliphatic heterocycles. The van der Waals surface area contributed by atoms with Crippen molar-refractivity contribution in [2.75, 3.05) is 13.2 Å². The number of carbonyl (C=O) groups is 2. The Bertz CT molecular complexity index is 540. The van der Waals surface area contributed by atoms with E-state index in [2.05, 4.69) is 5.32 Å². The number of aliphatic carboxylic acids is 1. The molecule has 2 unspecified atom stereocenters. The lowest BCUT2D eigenvalue weighted by Gasteiger charge is -2.28. The van der Waals surface area contributed by atoms with E-state index in [9.17, 15) is 9.59 Å². The molecule has 1 saturated heterocycles. The quantitative estimate of drug-likeness (QED) is 0.854. The topological polar surface area (TPSA) is 84.9 Å². The van der Waals surface area contributed by atoms with Crippen LogP contribution in [0.5, 0.6) is 5.75 Å². The minimum absolute atomic E-state index is 0.140. The van der Waals surface area contributed by atoms with Gasteiger partial charge in [-0.15, -0.1) is 0 Å². The number of fused-ring (bicyclic) bond motifs is 1. The van der Waals surface area contributed by atoms with E-state index in [1.165, 1.54) is 0 Å². The molecule has 2 aliphatic rings. The molecule has 21 heavy (non-hydrogen) atoms. The van der Waals surface area contributed by atoms with E-state index in [1.54, 1.807) is 0 Å². The summed E-state index contributed by atoms with van der Waals surface area (Å²) in [6.07, 6.45) is 0.267. The number of para-hydroxylation sites is 1. The van der Waals surface area contributed by atoms with Gasteiger partial charge in [0.05, 0.1) is 18.6 Å². The Morgan fingerprint density at radius 1 is 1.38 bits per heavy atom. The van der Waals surface area contributed by atoms with Crippen LogP contribution in [0.4, 0.5) is 0 Å². The first-order valence-corrected chi connectivity index (χ1v) is 6.94. The van der Waals surface area contributed by atoms with E-state index in [0.717, 1.165) is 5.56 Å². The number of carboxylic acids is 1. The zero-order valence-corrected chi connectivity index (χ0v) is 11.5. The monoisotopic (exact) mass is 291 g/mol. The third-order valence-electron chi connectivity index (χ3n) is 3.92. The SMILES string of the molecule is O=C(O)CC1(NC(=O)C2Cc3ccccc3O2)CCOC1. The standard InChI is InChI=1S/C15H17NO5/c17-13(18)8-15(5-6-20-9-15)16-14(19)12-7-10-3-1-2-4-11(10)21-12/h1-4,12H,5-9H2,(H,16,19)(H,17,18). The van der Waals surface area contributed by atoms with E-state index >= 15 is 0 Å². The molecule has 0 bridgehead atoms. The lowest BCUT2D eigenvalue weighted by atomic mass is 9.93. The van der Waals surface area contributed by atoms with Gasteiger partial charge in [0, 0.05) is 13.0 Å². The average molecular weight is 291 g/mol. The number of carbonyl (C=O) groups excluding carboxylic acids is 1. The second kappa shape index (κ2) is 5.37. The van der Waals surface area contributed by atoms with Crippen molar-refractivity contribution in [2.45, 2.75) is 30.9 Å². The Hall–Kier alpha value is -2.08. The van der Waals surface area contributed by atoms with Crippen LogP contribution in [0.3, 0.4) is 0 Å². The number of hydrogen-bond acceptors (Lipinski definition) is 4. The first-order valence-electron chi connectivity index (χ1n) is 6.94. The highest BCUT2D eigenvalue weighted by Crippen LogP contribution is 2.29. The molecule has 1 aromatic rings. The Kier molecular flexibility index (Phi) is 3.55. The van der Waals surface area contributed by atoms with Crippen LogP contribution in [0, 0.1) is 0 Å². The highest BCUT2D eigenvalue weighted by atomic mass is 16.5. The highest BCUT2D eigenvalue weighted by molar-refractivity contribution is 5.84. The van der Waals surface area contributed by atoms with Crippen LogP contribution >= 0.6 is 0 Å². The largest absolute Gasteiger partial charge is 0.481 e. The van der Waals surface area contributed by atoms with Crippen molar-refractivity contribution in [1.82, 2.24) is 5.32 Å². The number of ether oxygens (including phenoxy) is 2. The molecule has 3 rings (SSSR count). The molecule has 0 saturated carbocycles. The highest BCUT2D eigenvalue weighted by Gasteiger charge is 2.41. The molecule has 0 radical (unpaired) electrons. The Morgan fingerprint density at radius 2 is 2.19 bits per heavy atom. The van der Waals surface area contributed by atoms with Gasteiger partial charge in [-0.2, -0.15) is 0 Å². The Balaban J connectivity index is 1.68. The summed E-state index contributed by atoms with van der Waals surface area (Å²) in [7, 11) is 0. The van der Waals surface area contributed by atoms with E-state index in [0.29, 0.717) is 25.2 Å². The fourth-order valence-corrected chi connectivity index (χ4v) is 2.85. The second-order valence-corrected chi connectivity index (χ2v) is 5.56. The normalized spacial score (nSPS) is 27.0. The maximum absolute atomic E-state index is 12.4. The molecule has 1 aromatic carbocycles. The predicted octanol–water partition coefficient (Wildman–Crippen LogP) is 0.740. The molecule has 6 nitrogen and oxygen atoms in total. The van der Waals surface area contributed by atoms with Gasteiger partial charge in [-0.3, -0.25) is 9.59 Å². The lowest BCUT2D eigenvalue weighted by Crippen LogP contribution is -2.54. The first-order chi connectivity index (χ1) is 10.1. The number of hydrogen-bond donors (Lipinski definition) is 2. The summed E-state index contributed by atoms with van der Waals surface area (Å²) in [4.78, 5) is 23.4. The molecule has 2 heterocycles. The van der Waals surface area contributed by atoms with Crippen molar-refractivity contribution in [3.05, 3.63) is 29.8 Å². The van der Waals surface area contributed by atoms with E-state index in [1.807, 2.05) is 24.3 Å². The van der Waals surface area contributed by atoms with Crippen molar-refractivity contribution >= 4 is 11.9 Å². The van der Waals surface area contributed by atoms with Gasteiger partial charge in [-0.05, 0) is 18.1 Å². The van der Waals surface area contributed by atoms with Crippen LogP contribution in [0.25, 0.3) is 0 Å². The lowest BCUT2D eigenvalue weighted by molar-refractivity contribution is -0.139. The van der Waals surface area contributed by atoms with Gasteiger partial charge in [0.25, 0.3) is 5.91 Å². The number of amides is 1. The van der Waals surface area contributed by atoms with Crippen molar-refractivity contribution in [3.63, 3.8) is 0 Å². The molecule has 112 valence electrons. The summed E-state index contributed by atoms with van der Waals surface area (Å²) in [5.41, 5.74) is 0.175. The Morgan fingerprint density at radius 3 is 2.86 bits per heavy atom. The predicted molar refractivity (Wildman–Crippen MR) is 73.1 cm³/mol. The number of carboxylic acid groups (broad SMARTS) is 1. The van der Waals surface area contributed by atoms with Gasteiger partial charge in [0.2, 0.25) is 0 Å². The van der Waals surface area contributed by atoms with Crippen molar-refractivity contribution in [1.29, 1.82) is 0 Å². The van der Waals surface area contributed by atoms with Gasteiger partial charge in [-0.1, -0.05) is 18.2 Å². The third kappa shape index (κ3) is 2.85. The summed E-state index contributed by atoms with van der Waals surface area (Å²) >= 11 is 0. The van der Waals surface area contributed by atoms with E-state index in [-0.39, 0.29) is 18.9 Å². The molecular formula is C15H17NO5. The molecule has 0 aromatic heterocycles. The van der Waals surface area contributed by atoms with Crippen molar-refractivity contribution in [2.24, 2.45) is 0 Å². The number of nitrogens with one attached hydrogen (secondary N) is 1. The van der Waals surface area contributed by atoms with E-state index < -0.39 is 17.6 Å². The molecule has 1 fully saturated rings. The fourth-order valence-electron chi connectivity index (χ4n) is 2.85. The van der Waals surface area contributed by atoms with Crippen LogP contribution in [0.15, 0.2) is 24.3 Å². The first kappa shape index (κ1) is 13.9. The van der Waals surface area contributed by atoms with E-state index in [4.69, 9.17) is 14.6 Å². The molecule has 2 atom stereocenters. The second-order valence-electron chi connectivity index (χ2n) is 5.56. The minimum atomic E-state index is -0.948. The van der Waals surface area contributed by atoms with Gasteiger partial charge in [0.1, 0.15) is 5.75 Å². The third-order valence-corrected chi connectivity index (χ3v) is 3.92. The minimum Gasteiger partial charge on any atom is -0.481 e. The van der Waals surface area contributed by atoms with Crippen LogP contribution in [-0.2, 0) is 20.7 Å². The molecule has 1 amide bonds. The maximum Gasteiger partial charge on any atom is 0.305 e. The number of benzene rings is 1. The zero-order chi connectivity index (χ0) is 14.9. The smallest absolute Gasteiger partial charge is 0.305 e. The average Bonchev–Trinajstić information content (AvgIpc) is 3.04.